The van der Waals surface area contributed by atoms with Crippen LogP contribution in [0, 0.1) is 0 Å². The summed E-state index contributed by atoms with van der Waals surface area (Å²) < 4.78 is 5.88. The number of ether oxygens (including phenoxy) is 1. The molecule has 22 heavy (non-hydrogen) atoms. The molecule has 1 aliphatic rings. The molecule has 1 nitrogen and oxygen atoms in total. The standard InChI is InChI=1S/C18H18O.C3H8/c1-11(2)18-9-16-12(3)14-7-5-6-8-15(14)13(4)17(16)10-19-18;1-3-2/h5-8,18H,1,3-4,9-10H2,2H3;3H2,1-2H3. The van der Waals surface area contributed by atoms with Crippen LogP contribution in [0.15, 0.2) is 36.4 Å². The highest BCUT2D eigenvalue weighted by Crippen LogP contribution is 2.21. The van der Waals surface area contributed by atoms with Gasteiger partial charge in [0.25, 0.3) is 0 Å². The van der Waals surface area contributed by atoms with Crippen LogP contribution >= 0.6 is 0 Å². The quantitative estimate of drug-likeness (QED) is 0.720. The van der Waals surface area contributed by atoms with Gasteiger partial charge in [0.2, 0.25) is 0 Å². The minimum Gasteiger partial charge on any atom is -0.369 e. The predicted octanol–water partition coefficient (Wildman–Crippen LogP) is 4.09. The van der Waals surface area contributed by atoms with Crippen molar-refractivity contribution in [1.29, 1.82) is 0 Å². The largest absolute Gasteiger partial charge is 0.369 e. The first-order chi connectivity index (χ1) is 10.5. The lowest BCUT2D eigenvalue weighted by molar-refractivity contribution is 0.0518. The molecule has 1 unspecified atom stereocenters. The number of hydrogen-bond acceptors (Lipinski definition) is 1. The molecular weight excluding hydrogens is 268 g/mol. The van der Waals surface area contributed by atoms with E-state index in [9.17, 15) is 0 Å². The molecule has 0 radical (unpaired) electrons. The Labute approximate surface area is 133 Å². The van der Waals surface area contributed by atoms with Crippen molar-refractivity contribution in [3.63, 3.8) is 0 Å². The molecule has 0 spiro atoms. The Kier molecular flexibility index (Phi) is 5.20. The lowest BCUT2D eigenvalue weighted by atomic mass is 9.90. The van der Waals surface area contributed by atoms with Crippen molar-refractivity contribution in [2.45, 2.75) is 46.3 Å². The summed E-state index contributed by atoms with van der Waals surface area (Å²) in [6.45, 7) is 19.4. The van der Waals surface area contributed by atoms with Gasteiger partial charge < -0.3 is 4.74 Å². The van der Waals surface area contributed by atoms with E-state index in [4.69, 9.17) is 4.74 Å². The SMILES string of the molecule is C=C(C)C1Cc2c(c(=C)c3ccccc3c2=C)CO1.CCC. The summed E-state index contributed by atoms with van der Waals surface area (Å²) in [5.41, 5.74) is 3.58. The molecule has 0 fully saturated rings. The van der Waals surface area contributed by atoms with Crippen LogP contribution in [0.4, 0.5) is 0 Å². The number of rotatable bonds is 1. The molecular formula is C21H26O. The van der Waals surface area contributed by atoms with Gasteiger partial charge in [0.15, 0.2) is 0 Å². The van der Waals surface area contributed by atoms with E-state index < -0.39 is 0 Å². The van der Waals surface area contributed by atoms with E-state index >= 15 is 0 Å². The zero-order chi connectivity index (χ0) is 16.3. The van der Waals surface area contributed by atoms with Gasteiger partial charge in [-0.3, -0.25) is 0 Å². The highest BCUT2D eigenvalue weighted by Gasteiger charge is 2.22. The Balaban J connectivity index is 0.000000545. The summed E-state index contributed by atoms with van der Waals surface area (Å²) in [6, 6.07) is 8.33. The Morgan fingerprint density at radius 3 is 2.09 bits per heavy atom. The van der Waals surface area contributed by atoms with Crippen LogP contribution in [0.1, 0.15) is 38.3 Å². The van der Waals surface area contributed by atoms with Crippen molar-refractivity contribution in [2.75, 3.05) is 0 Å². The van der Waals surface area contributed by atoms with Crippen LogP contribution in [0.2, 0.25) is 0 Å². The molecule has 2 aromatic rings. The van der Waals surface area contributed by atoms with E-state index in [2.05, 4.69) is 51.8 Å². The first kappa shape index (κ1) is 16.5. The molecule has 1 atom stereocenters. The smallest absolute Gasteiger partial charge is 0.0824 e. The van der Waals surface area contributed by atoms with E-state index in [0.29, 0.717) is 6.61 Å². The summed E-state index contributed by atoms with van der Waals surface area (Å²) in [4.78, 5) is 0. The van der Waals surface area contributed by atoms with Crippen LogP contribution in [-0.2, 0) is 17.8 Å². The third kappa shape index (κ3) is 3.00. The van der Waals surface area contributed by atoms with Crippen molar-refractivity contribution in [3.05, 3.63) is 58.0 Å². The second-order valence-electron chi connectivity index (χ2n) is 6.02. The number of benzene rings is 2. The lowest BCUT2D eigenvalue weighted by Crippen LogP contribution is -2.33. The summed E-state index contributed by atoms with van der Waals surface area (Å²) in [7, 11) is 0. The van der Waals surface area contributed by atoms with Gasteiger partial charge in [-0.25, -0.2) is 0 Å². The molecule has 0 saturated carbocycles. The summed E-state index contributed by atoms with van der Waals surface area (Å²) in [5, 5.41) is 4.59. The van der Waals surface area contributed by atoms with Crippen molar-refractivity contribution in [1.82, 2.24) is 0 Å². The van der Waals surface area contributed by atoms with Crippen LogP contribution in [0.3, 0.4) is 0 Å². The Morgan fingerprint density at radius 2 is 1.59 bits per heavy atom. The fourth-order valence-corrected chi connectivity index (χ4v) is 2.86. The van der Waals surface area contributed by atoms with Crippen molar-refractivity contribution < 1.29 is 4.74 Å². The van der Waals surface area contributed by atoms with Gasteiger partial charge in [-0.2, -0.15) is 0 Å². The summed E-state index contributed by atoms with van der Waals surface area (Å²) >= 11 is 0. The molecule has 3 rings (SSSR count). The molecule has 0 amide bonds. The summed E-state index contributed by atoms with van der Waals surface area (Å²) in [5.74, 6) is 0. The van der Waals surface area contributed by atoms with Gasteiger partial charge >= 0.3 is 0 Å². The molecule has 0 bridgehead atoms. The monoisotopic (exact) mass is 294 g/mol. The van der Waals surface area contributed by atoms with Crippen LogP contribution in [0.5, 0.6) is 0 Å². The minimum atomic E-state index is 0.105. The summed E-state index contributed by atoms with van der Waals surface area (Å²) in [6.07, 6.45) is 2.21. The van der Waals surface area contributed by atoms with Gasteiger partial charge in [0.05, 0.1) is 12.7 Å². The second-order valence-corrected chi connectivity index (χ2v) is 6.02. The van der Waals surface area contributed by atoms with Crippen molar-refractivity contribution in [2.24, 2.45) is 0 Å². The molecule has 0 N–H and O–H groups in total. The van der Waals surface area contributed by atoms with E-state index in [1.54, 1.807) is 0 Å². The first-order valence-electron chi connectivity index (χ1n) is 7.98. The van der Waals surface area contributed by atoms with E-state index in [0.717, 1.165) is 22.4 Å². The highest BCUT2D eigenvalue weighted by molar-refractivity contribution is 5.85. The first-order valence-corrected chi connectivity index (χ1v) is 7.98. The zero-order valence-corrected chi connectivity index (χ0v) is 14.0. The maximum absolute atomic E-state index is 5.88. The molecule has 1 heteroatoms. The predicted molar refractivity (Wildman–Crippen MR) is 97.3 cm³/mol. The Morgan fingerprint density at radius 1 is 1.09 bits per heavy atom. The van der Waals surface area contributed by atoms with Crippen LogP contribution < -0.4 is 10.4 Å². The Hall–Kier alpha value is -1.86. The number of hydrogen-bond donors (Lipinski definition) is 0. The van der Waals surface area contributed by atoms with Gasteiger partial charge in [-0.15, -0.1) is 0 Å². The van der Waals surface area contributed by atoms with Crippen LogP contribution in [0.25, 0.3) is 23.9 Å². The normalized spacial score (nSPS) is 16.6. The van der Waals surface area contributed by atoms with Crippen LogP contribution in [-0.4, -0.2) is 6.10 Å². The fraction of sp³-hybridized carbons (Fsp3) is 0.333. The van der Waals surface area contributed by atoms with E-state index in [1.807, 2.05) is 13.0 Å². The third-order valence-electron chi connectivity index (χ3n) is 4.04. The van der Waals surface area contributed by atoms with E-state index in [1.165, 1.54) is 28.3 Å². The lowest BCUT2D eigenvalue weighted by Gasteiger charge is -2.27. The molecule has 1 aliphatic heterocycles. The Bertz CT molecular complexity index is 786. The minimum absolute atomic E-state index is 0.105. The van der Waals surface area contributed by atoms with Gasteiger partial charge in [0.1, 0.15) is 0 Å². The molecule has 116 valence electrons. The topological polar surface area (TPSA) is 9.23 Å². The van der Waals surface area contributed by atoms with Crippen molar-refractivity contribution >= 4 is 23.9 Å². The molecule has 0 aromatic heterocycles. The molecule has 0 aliphatic carbocycles. The number of fused-ring (bicyclic) bond motifs is 2. The average molecular weight is 294 g/mol. The molecule has 2 aromatic carbocycles. The average Bonchev–Trinajstić information content (AvgIpc) is 2.53. The molecule has 1 heterocycles. The maximum Gasteiger partial charge on any atom is 0.0824 e. The van der Waals surface area contributed by atoms with Gasteiger partial charge in [-0.1, -0.05) is 69.8 Å². The van der Waals surface area contributed by atoms with E-state index in [-0.39, 0.29) is 6.10 Å². The highest BCUT2D eigenvalue weighted by atomic mass is 16.5. The zero-order valence-electron chi connectivity index (χ0n) is 14.0. The van der Waals surface area contributed by atoms with Gasteiger partial charge in [0, 0.05) is 6.42 Å². The van der Waals surface area contributed by atoms with Gasteiger partial charge in [-0.05, 0) is 39.3 Å². The molecule has 0 saturated heterocycles. The van der Waals surface area contributed by atoms with Crippen molar-refractivity contribution in [3.8, 4) is 0 Å². The third-order valence-corrected chi connectivity index (χ3v) is 4.04. The second kappa shape index (κ2) is 6.93. The maximum atomic E-state index is 5.88. The fourth-order valence-electron chi connectivity index (χ4n) is 2.86.